The average Bonchev–Trinajstić information content (AvgIpc) is 4.01. The minimum Gasteiger partial charge on any atom is -0.381 e. The van der Waals surface area contributed by atoms with Crippen LogP contribution in [0.25, 0.3) is 10.2 Å². The van der Waals surface area contributed by atoms with Gasteiger partial charge in [-0.2, -0.15) is 0 Å². The number of nitrogens with one attached hydrogen (secondary N) is 3. The lowest BCUT2D eigenvalue weighted by molar-refractivity contribution is -0.133. The number of fused-ring (bicyclic) bond motifs is 2. The zero-order chi connectivity index (χ0) is 37.8. The summed E-state index contributed by atoms with van der Waals surface area (Å²) in [7, 11) is 0. The first-order valence-corrected chi connectivity index (χ1v) is 20.8. The number of para-hydroxylation sites is 1. The van der Waals surface area contributed by atoms with E-state index in [1.54, 1.807) is 0 Å². The number of benzene rings is 1. The van der Waals surface area contributed by atoms with Crippen LogP contribution in [0.1, 0.15) is 81.4 Å². The third-order valence-electron chi connectivity index (χ3n) is 12.3. The molecule has 294 valence electrons. The number of ether oxygens (including phenoxy) is 3. The summed E-state index contributed by atoms with van der Waals surface area (Å²) < 4.78 is 17.9. The molecule has 0 saturated carbocycles. The topological polar surface area (TPSA) is 165 Å². The highest BCUT2D eigenvalue weighted by molar-refractivity contribution is 7.20. The highest BCUT2D eigenvalue weighted by atomic mass is 32.1. The van der Waals surface area contributed by atoms with Crippen LogP contribution in [-0.4, -0.2) is 110 Å². The van der Waals surface area contributed by atoms with Gasteiger partial charge in [-0.25, -0.2) is 4.98 Å². The van der Waals surface area contributed by atoms with E-state index in [1.807, 2.05) is 24.3 Å². The van der Waals surface area contributed by atoms with Crippen molar-refractivity contribution in [2.45, 2.75) is 96.1 Å². The first kappa shape index (κ1) is 39.0. The summed E-state index contributed by atoms with van der Waals surface area (Å²) in [6.07, 6.45) is 4.34. The Bertz CT molecular complexity index is 1640. The van der Waals surface area contributed by atoms with Gasteiger partial charge in [0.05, 0.1) is 42.1 Å². The average molecular weight is 766 g/mol. The van der Waals surface area contributed by atoms with Gasteiger partial charge in [0.15, 0.2) is 17.1 Å². The van der Waals surface area contributed by atoms with E-state index in [-0.39, 0.29) is 77.6 Å². The summed E-state index contributed by atoms with van der Waals surface area (Å²) in [6.45, 7) is 8.75. The number of Topliss-reactive ketones (excluding diaryl/α,β-unsaturated/α-hetero) is 2. The van der Waals surface area contributed by atoms with Crippen LogP contribution in [0, 0.1) is 35.5 Å². The first-order chi connectivity index (χ1) is 26.1. The molecule has 0 bridgehead atoms. The zero-order valence-corrected chi connectivity index (χ0v) is 32.3. The van der Waals surface area contributed by atoms with Crippen molar-refractivity contribution < 1.29 is 38.2 Å². The second-order valence-corrected chi connectivity index (χ2v) is 17.3. The normalized spacial score (nSPS) is 28.6. The molecule has 0 spiro atoms. The van der Waals surface area contributed by atoms with Crippen LogP contribution in [-0.2, 0) is 33.4 Å². The molecule has 5 aliphatic heterocycles. The molecule has 5 saturated heterocycles. The van der Waals surface area contributed by atoms with Crippen molar-refractivity contribution in [2.75, 3.05) is 46.1 Å². The molecule has 0 radical (unpaired) electrons. The molecule has 3 amide bonds. The lowest BCUT2D eigenvalue weighted by Crippen LogP contribution is -2.49. The predicted molar refractivity (Wildman–Crippen MR) is 202 cm³/mol. The van der Waals surface area contributed by atoms with Crippen molar-refractivity contribution in [3.63, 3.8) is 0 Å². The molecule has 13 nitrogen and oxygen atoms in total. The fourth-order valence-electron chi connectivity index (χ4n) is 9.01. The van der Waals surface area contributed by atoms with E-state index in [2.05, 4.69) is 39.7 Å². The SMILES string of the molecule is CC(C)N1CCC(CC[C@H](CC(=O)C(NC(=O)CC2COC3OCCC23)C2CCOC2)C(=O)N[C@@H](C[C@@H]2CCNC2=O)C(=O)c2nc3ccccc3s2)C1. The number of likely N-dealkylation sites (tertiary alicyclic amines) is 1. The third-order valence-corrected chi connectivity index (χ3v) is 13.4. The van der Waals surface area contributed by atoms with Gasteiger partial charge in [-0.15, -0.1) is 11.3 Å². The van der Waals surface area contributed by atoms with E-state index in [0.29, 0.717) is 69.7 Å². The maximum Gasteiger partial charge on any atom is 0.224 e. The molecule has 1 aromatic carbocycles. The summed E-state index contributed by atoms with van der Waals surface area (Å²) in [4.78, 5) is 76.2. The number of aromatic nitrogens is 1. The van der Waals surface area contributed by atoms with Crippen LogP contribution in [0.15, 0.2) is 24.3 Å². The van der Waals surface area contributed by atoms with Crippen molar-refractivity contribution in [3.8, 4) is 0 Å². The maximum atomic E-state index is 14.5. The van der Waals surface area contributed by atoms with E-state index >= 15 is 0 Å². The standard InChI is InChI=1S/C40H55N5O8S/c1-23(2)45-14-10-24(20-45)7-8-25(18-32(46)35(27-11-15-51-21-27)44-34(47)19-28-22-53-40-29(28)12-16-52-40)38(50)42-31(17-26-9-13-41-37(26)49)36(48)39-43-30-5-3-4-6-33(30)54-39/h3-6,23-29,31,35,40H,7-22H2,1-2H3,(H,41,49)(H,42,50)(H,44,47)/t24?,25-,26+,27?,28?,29?,31+,35?,40?/m1/s1. The molecule has 6 heterocycles. The van der Waals surface area contributed by atoms with Crippen LogP contribution in [0.2, 0.25) is 0 Å². The van der Waals surface area contributed by atoms with Gasteiger partial charge in [-0.05, 0) is 89.3 Å². The molecule has 1 aromatic heterocycles. The number of nitrogens with zero attached hydrogens (tertiary/aromatic N) is 2. The van der Waals surface area contributed by atoms with Crippen LogP contribution >= 0.6 is 11.3 Å². The van der Waals surface area contributed by atoms with Crippen molar-refractivity contribution >= 4 is 50.8 Å². The minimum atomic E-state index is -0.983. The Morgan fingerprint density at radius 3 is 2.63 bits per heavy atom. The van der Waals surface area contributed by atoms with Gasteiger partial charge < -0.3 is 35.1 Å². The number of rotatable bonds is 17. The van der Waals surface area contributed by atoms with Gasteiger partial charge in [0.25, 0.3) is 0 Å². The Labute approximate surface area is 321 Å². The lowest BCUT2D eigenvalue weighted by atomic mass is 9.85. The van der Waals surface area contributed by atoms with E-state index in [9.17, 15) is 24.0 Å². The summed E-state index contributed by atoms with van der Waals surface area (Å²) in [6, 6.07) is 6.15. The number of thiazole rings is 1. The fraction of sp³-hybridized carbons (Fsp3) is 0.700. The van der Waals surface area contributed by atoms with Crippen LogP contribution < -0.4 is 16.0 Å². The first-order valence-electron chi connectivity index (χ1n) is 20.0. The Morgan fingerprint density at radius 1 is 1.04 bits per heavy atom. The Morgan fingerprint density at radius 2 is 1.89 bits per heavy atom. The van der Waals surface area contributed by atoms with Crippen molar-refractivity contribution in [2.24, 2.45) is 35.5 Å². The van der Waals surface area contributed by atoms with Gasteiger partial charge in [0, 0.05) is 62.3 Å². The Kier molecular flexibility index (Phi) is 12.7. The number of ketones is 2. The molecule has 7 rings (SSSR count). The summed E-state index contributed by atoms with van der Waals surface area (Å²) >= 11 is 1.27. The molecule has 9 atom stereocenters. The lowest BCUT2D eigenvalue weighted by Gasteiger charge is -2.27. The van der Waals surface area contributed by atoms with Crippen LogP contribution in [0.3, 0.4) is 0 Å². The maximum absolute atomic E-state index is 14.5. The van der Waals surface area contributed by atoms with Gasteiger partial charge in [-0.3, -0.25) is 24.0 Å². The number of hydrogen-bond acceptors (Lipinski definition) is 11. The molecular weight excluding hydrogens is 711 g/mol. The minimum absolute atomic E-state index is 0.0234. The quantitative estimate of drug-likeness (QED) is 0.203. The monoisotopic (exact) mass is 765 g/mol. The van der Waals surface area contributed by atoms with Crippen molar-refractivity contribution in [1.29, 1.82) is 0 Å². The van der Waals surface area contributed by atoms with Crippen molar-refractivity contribution in [3.05, 3.63) is 29.3 Å². The van der Waals surface area contributed by atoms with E-state index in [1.165, 1.54) is 11.3 Å². The van der Waals surface area contributed by atoms with E-state index in [4.69, 9.17) is 14.2 Å². The van der Waals surface area contributed by atoms with E-state index in [0.717, 1.165) is 37.1 Å². The molecule has 54 heavy (non-hydrogen) atoms. The largest absolute Gasteiger partial charge is 0.381 e. The van der Waals surface area contributed by atoms with Gasteiger partial charge in [0.1, 0.15) is 0 Å². The molecule has 0 aliphatic carbocycles. The molecule has 14 heteroatoms. The van der Waals surface area contributed by atoms with Crippen LogP contribution in [0.5, 0.6) is 0 Å². The molecule has 5 fully saturated rings. The molecular formula is C40H55N5O8S. The Hall–Kier alpha value is -3.30. The van der Waals surface area contributed by atoms with Crippen molar-refractivity contribution in [1.82, 2.24) is 25.8 Å². The highest BCUT2D eigenvalue weighted by Crippen LogP contribution is 2.37. The molecule has 3 N–H and O–H groups in total. The third kappa shape index (κ3) is 9.21. The van der Waals surface area contributed by atoms with Gasteiger partial charge in [-0.1, -0.05) is 12.1 Å². The number of carbonyl (C=O) groups is 5. The van der Waals surface area contributed by atoms with Gasteiger partial charge >= 0.3 is 0 Å². The smallest absolute Gasteiger partial charge is 0.224 e. The van der Waals surface area contributed by atoms with Crippen LogP contribution in [0.4, 0.5) is 0 Å². The molecule has 5 aliphatic rings. The summed E-state index contributed by atoms with van der Waals surface area (Å²) in [5.74, 6) is -2.04. The fourth-order valence-corrected chi connectivity index (χ4v) is 9.97. The number of hydrogen-bond donors (Lipinski definition) is 3. The van der Waals surface area contributed by atoms with Gasteiger partial charge in [0.2, 0.25) is 23.5 Å². The zero-order valence-electron chi connectivity index (χ0n) is 31.5. The second-order valence-electron chi connectivity index (χ2n) is 16.3. The summed E-state index contributed by atoms with van der Waals surface area (Å²) in [5, 5.41) is 9.22. The highest BCUT2D eigenvalue weighted by Gasteiger charge is 2.43. The molecule has 2 aromatic rings. The second kappa shape index (κ2) is 17.7. The molecule has 6 unspecified atom stereocenters. The van der Waals surface area contributed by atoms with E-state index < -0.39 is 23.9 Å². The predicted octanol–water partition coefficient (Wildman–Crippen LogP) is 3.50. The number of amides is 3. The Balaban J connectivity index is 1.09. The summed E-state index contributed by atoms with van der Waals surface area (Å²) in [5.41, 5.74) is 0.700. The number of carbonyl (C=O) groups excluding carboxylic acids is 5.